The fraction of sp³-hybridized carbons (Fsp3) is 0.760. The van der Waals surface area contributed by atoms with Gasteiger partial charge in [-0.25, -0.2) is 9.59 Å². The number of carbonyl (C=O) groups is 10. The van der Waals surface area contributed by atoms with E-state index in [-0.39, 0.29) is 156 Å². The minimum atomic E-state index is -1.18. The second-order valence-corrected chi connectivity index (χ2v) is 20.0. The van der Waals surface area contributed by atoms with Crippen molar-refractivity contribution < 1.29 is 121 Å². The quantitative estimate of drug-likeness (QED) is 0.0228. The Labute approximate surface area is 462 Å². The van der Waals surface area contributed by atoms with E-state index in [0.29, 0.717) is 24.9 Å². The average molecular weight is 1120 g/mol. The summed E-state index contributed by atoms with van der Waals surface area (Å²) in [6, 6.07) is 0. The van der Waals surface area contributed by atoms with Gasteiger partial charge in [0.05, 0.1) is 36.1 Å². The summed E-state index contributed by atoms with van der Waals surface area (Å²) in [4.78, 5) is 119. The molecule has 1 heterocycles. The van der Waals surface area contributed by atoms with Crippen LogP contribution in [0.4, 0.5) is 0 Å². The number of imide groups is 1. The van der Waals surface area contributed by atoms with Crippen LogP contribution in [0.3, 0.4) is 0 Å². The summed E-state index contributed by atoms with van der Waals surface area (Å²) >= 11 is 3.18. The molecule has 72 heavy (non-hydrogen) atoms. The number of methoxy groups -OCH3 is 3. The van der Waals surface area contributed by atoms with Gasteiger partial charge in [-0.2, -0.15) is 0 Å². The van der Waals surface area contributed by atoms with Gasteiger partial charge in [0.2, 0.25) is 6.10 Å². The monoisotopic (exact) mass is 1110 g/mol. The number of ether oxygens (including phenoxy) is 7. The second kappa shape index (κ2) is 40.7. The van der Waals surface area contributed by atoms with Crippen molar-refractivity contribution in [2.45, 2.75) is 170 Å². The van der Waals surface area contributed by atoms with Crippen LogP contribution in [-0.2, 0) is 85.9 Å². The number of esters is 4. The van der Waals surface area contributed by atoms with Gasteiger partial charge < -0.3 is 47.9 Å². The molecule has 2 amide bonds. The average Bonchev–Trinajstić information content (AvgIpc) is 3.67. The standard InChI is InChI=1S/C16H25NO7.C12H22O5.C9H10O4.C7H13BrO3.6CH4.Na/c1-15(2,13(20)23-9-8-22-5)10-16(3,4)14(21)24-17-11(18)6-7-12(17)19;1-11(2,9(13)14)8-12(3,4)10(15)17-7-6-16-5;1-5(2)9(12)13-8-6(10)3-4-7(8)11;1-7(2,8)6(9)11-5-4-10-3;;;;;;;/h6-10H2,1-5H3;6-8H2,1-5H3,(H,13,14);8H,1,3-4H2,2H3;4-5H2,1-3H3;6*1H4;/q;;;;;;;;;;+1/p-1. The van der Waals surface area contributed by atoms with Crippen LogP contribution in [0.2, 0.25) is 0 Å². The van der Waals surface area contributed by atoms with Crippen LogP contribution in [0.5, 0.6) is 0 Å². The topological polar surface area (TPSA) is 271 Å². The maximum absolute atomic E-state index is 12.3. The molecule has 0 unspecified atom stereocenters. The summed E-state index contributed by atoms with van der Waals surface area (Å²) in [6.07, 6.45) is -0.480. The van der Waals surface area contributed by atoms with Crippen molar-refractivity contribution in [2.75, 3.05) is 61.0 Å². The SMILES string of the molecule is C.C.C.C.C.C.C=C(C)C(=O)OC1C(=O)CCC1=O.COCCOC(=O)C(C)(C)Br.COCCOC(=O)C(C)(C)CC(C)(C)C(=O)ON1C(=O)CCC1=O.COCCOC(=O)C(C)(C)CC(C)(C)C(=O)[O-].[Na+]. The van der Waals surface area contributed by atoms with Gasteiger partial charge in [-0.05, 0) is 75.2 Å². The number of alkyl halides is 1. The van der Waals surface area contributed by atoms with Gasteiger partial charge in [0.25, 0.3) is 11.8 Å². The van der Waals surface area contributed by atoms with Gasteiger partial charge in [0.1, 0.15) is 24.1 Å². The van der Waals surface area contributed by atoms with E-state index in [0.717, 1.165) is 0 Å². The van der Waals surface area contributed by atoms with Crippen molar-refractivity contribution in [1.82, 2.24) is 5.06 Å². The molecule has 2 rings (SSSR count). The van der Waals surface area contributed by atoms with Crippen LogP contribution in [-0.4, -0.2) is 136 Å². The molecule has 0 spiro atoms. The van der Waals surface area contributed by atoms with E-state index < -0.39 is 73.7 Å². The number of amides is 2. The van der Waals surface area contributed by atoms with Crippen molar-refractivity contribution >= 4 is 75.1 Å². The number of Topliss-reactive ketones (excluding diaryl/α,β-unsaturated/α-hetero) is 2. The van der Waals surface area contributed by atoms with Crippen LogP contribution in [0.15, 0.2) is 12.2 Å². The van der Waals surface area contributed by atoms with Gasteiger partial charge >= 0.3 is 59.4 Å². The number of rotatable bonds is 21. The van der Waals surface area contributed by atoms with Crippen molar-refractivity contribution in [2.24, 2.45) is 21.7 Å². The van der Waals surface area contributed by atoms with E-state index in [1.54, 1.807) is 62.5 Å². The maximum Gasteiger partial charge on any atom is 1.00 e. The number of aliphatic carboxylic acids is 1. The molecule has 0 bridgehead atoms. The van der Waals surface area contributed by atoms with E-state index >= 15 is 0 Å². The molecule has 0 aromatic heterocycles. The third-order valence-electron chi connectivity index (χ3n) is 8.98. The number of carbonyl (C=O) groups excluding carboxylic acids is 10. The Kier molecular flexibility index (Phi) is 49.8. The molecule has 0 aromatic carbocycles. The van der Waals surface area contributed by atoms with E-state index in [4.69, 9.17) is 33.3 Å². The molecule has 22 heteroatoms. The predicted molar refractivity (Wildman–Crippen MR) is 272 cm³/mol. The molecular weight excluding hydrogens is 1020 g/mol. The van der Waals surface area contributed by atoms with Gasteiger partial charge in [0, 0.05) is 64.0 Å². The van der Waals surface area contributed by atoms with Gasteiger partial charge in [-0.1, -0.05) is 80.9 Å². The summed E-state index contributed by atoms with van der Waals surface area (Å²) in [5.41, 5.74) is -3.78. The predicted octanol–water partition coefficient (Wildman–Crippen LogP) is 4.17. The molecular formula is C50H93BrNNaO19. The molecule has 20 nitrogen and oxygen atoms in total. The summed E-state index contributed by atoms with van der Waals surface area (Å²) < 4.78 is 33.3. The normalized spacial score (nSPS) is 13.0. The van der Waals surface area contributed by atoms with Gasteiger partial charge in [-0.3, -0.25) is 33.6 Å². The van der Waals surface area contributed by atoms with Crippen molar-refractivity contribution in [1.29, 1.82) is 0 Å². The van der Waals surface area contributed by atoms with Crippen LogP contribution >= 0.6 is 15.9 Å². The number of carboxylic acids is 1. The van der Waals surface area contributed by atoms with Crippen LogP contribution in [0.25, 0.3) is 0 Å². The fourth-order valence-electron chi connectivity index (χ4n) is 5.61. The van der Waals surface area contributed by atoms with Crippen LogP contribution in [0, 0.1) is 21.7 Å². The minimum Gasteiger partial charge on any atom is -0.550 e. The Balaban J connectivity index is -0.000000106. The second-order valence-electron chi connectivity index (χ2n) is 18.0. The zero-order valence-electron chi connectivity index (χ0n) is 41.4. The van der Waals surface area contributed by atoms with Crippen molar-refractivity contribution in [3.05, 3.63) is 12.2 Å². The van der Waals surface area contributed by atoms with E-state index in [1.807, 2.05) is 0 Å². The molecule has 1 aliphatic carbocycles. The molecule has 0 radical (unpaired) electrons. The molecule has 420 valence electrons. The Morgan fingerprint density at radius 2 is 0.861 bits per heavy atom. The van der Waals surface area contributed by atoms with Crippen LogP contribution in [0.1, 0.15) is 159 Å². The Hall–Kier alpha value is -3.60. The summed E-state index contributed by atoms with van der Waals surface area (Å²) in [5, 5.41) is 11.4. The number of hydroxylamine groups is 2. The number of hydrogen-bond donors (Lipinski definition) is 0. The zero-order chi connectivity index (χ0) is 51.1. The smallest absolute Gasteiger partial charge is 0.550 e. The molecule has 0 aromatic rings. The van der Waals surface area contributed by atoms with Crippen molar-refractivity contribution in [3.8, 4) is 0 Å². The first kappa shape index (κ1) is 88.1. The Bertz CT molecular complexity index is 1670. The van der Waals surface area contributed by atoms with Crippen LogP contribution < -0.4 is 34.7 Å². The Morgan fingerprint density at radius 3 is 1.15 bits per heavy atom. The number of ketones is 2. The van der Waals surface area contributed by atoms with E-state index in [9.17, 15) is 53.1 Å². The third kappa shape index (κ3) is 34.0. The molecule has 1 saturated carbocycles. The molecule has 1 aliphatic heterocycles. The number of nitrogens with zero attached hydrogens (tertiary/aromatic N) is 1. The number of halogens is 1. The zero-order valence-corrected chi connectivity index (χ0v) is 44.9. The van der Waals surface area contributed by atoms with Gasteiger partial charge in [0.15, 0.2) is 11.6 Å². The first-order valence-corrected chi connectivity index (χ1v) is 21.3. The first-order valence-electron chi connectivity index (χ1n) is 20.5. The molecule has 1 saturated heterocycles. The minimum absolute atomic E-state index is 0. The fourth-order valence-corrected chi connectivity index (χ4v) is 5.72. The summed E-state index contributed by atoms with van der Waals surface area (Å²) in [7, 11) is 4.57. The molecule has 2 aliphatic rings. The molecule has 2 fully saturated rings. The summed E-state index contributed by atoms with van der Waals surface area (Å²) in [6.45, 7) is 22.8. The third-order valence-corrected chi connectivity index (χ3v) is 9.31. The van der Waals surface area contributed by atoms with E-state index in [2.05, 4.69) is 27.2 Å². The summed E-state index contributed by atoms with van der Waals surface area (Å²) in [5.74, 6) is -5.48. The molecule has 0 N–H and O–H groups in total. The number of carboxylic acid groups (broad SMARTS) is 1. The maximum atomic E-state index is 12.3. The molecule has 0 atom stereocenters. The Morgan fingerprint density at radius 1 is 0.556 bits per heavy atom. The van der Waals surface area contributed by atoms with Gasteiger partial charge in [-0.15, -0.1) is 5.06 Å². The number of hydrogen-bond acceptors (Lipinski definition) is 19. The van der Waals surface area contributed by atoms with Crippen molar-refractivity contribution in [3.63, 3.8) is 0 Å². The first-order chi connectivity index (χ1) is 29.6. The largest absolute Gasteiger partial charge is 1.00 e. The van der Waals surface area contributed by atoms with E-state index in [1.165, 1.54) is 35.0 Å².